The highest BCUT2D eigenvalue weighted by atomic mass is 16.5. The highest BCUT2D eigenvalue weighted by Crippen LogP contribution is 2.35. The second-order valence-electron chi connectivity index (χ2n) is 3.12. The lowest BCUT2D eigenvalue weighted by molar-refractivity contribution is -0.131. The molecule has 5 heteroatoms. The number of carbonyl (C=O) groups is 1. The van der Waals surface area contributed by atoms with Crippen LogP contribution in [0.15, 0.2) is 18.2 Å². The van der Waals surface area contributed by atoms with Crippen molar-refractivity contribution in [3.8, 4) is 17.2 Å². The van der Waals surface area contributed by atoms with Crippen LogP contribution < -0.4 is 14.2 Å². The van der Waals surface area contributed by atoms with Crippen molar-refractivity contribution in [2.45, 2.75) is 0 Å². The van der Waals surface area contributed by atoms with Crippen LogP contribution in [0.1, 0.15) is 5.56 Å². The third-order valence-electron chi connectivity index (χ3n) is 2.14. The molecular formula is C12H14O5. The van der Waals surface area contributed by atoms with Gasteiger partial charge in [0.25, 0.3) is 0 Å². The van der Waals surface area contributed by atoms with Crippen molar-refractivity contribution in [3.05, 3.63) is 23.8 Å². The molecule has 0 unspecified atom stereocenters. The number of rotatable bonds is 5. The van der Waals surface area contributed by atoms with Crippen LogP contribution in [0.2, 0.25) is 0 Å². The molecule has 0 fully saturated rings. The van der Waals surface area contributed by atoms with Crippen molar-refractivity contribution in [1.82, 2.24) is 0 Å². The molecule has 0 aliphatic carbocycles. The highest BCUT2D eigenvalue weighted by molar-refractivity contribution is 5.86. The van der Waals surface area contributed by atoms with E-state index in [4.69, 9.17) is 19.3 Å². The lowest BCUT2D eigenvalue weighted by atomic mass is 10.1. The Kier molecular flexibility index (Phi) is 4.39. The van der Waals surface area contributed by atoms with Gasteiger partial charge in [-0.25, -0.2) is 4.79 Å². The Morgan fingerprint density at radius 2 is 1.59 bits per heavy atom. The summed E-state index contributed by atoms with van der Waals surface area (Å²) in [5.41, 5.74) is 0.604. The molecule has 1 aromatic rings. The van der Waals surface area contributed by atoms with Gasteiger partial charge in [-0.05, 0) is 12.1 Å². The Morgan fingerprint density at radius 1 is 1.06 bits per heavy atom. The first-order valence-corrected chi connectivity index (χ1v) is 4.83. The molecular weight excluding hydrogens is 224 g/mol. The monoisotopic (exact) mass is 238 g/mol. The molecule has 5 nitrogen and oxygen atoms in total. The minimum absolute atomic E-state index is 0.512. The topological polar surface area (TPSA) is 65.0 Å². The van der Waals surface area contributed by atoms with E-state index in [0.717, 1.165) is 6.08 Å². The average molecular weight is 238 g/mol. The quantitative estimate of drug-likeness (QED) is 0.792. The van der Waals surface area contributed by atoms with E-state index in [1.54, 1.807) is 12.1 Å². The number of carboxylic acid groups (broad SMARTS) is 1. The van der Waals surface area contributed by atoms with E-state index in [1.165, 1.54) is 27.4 Å². The molecule has 0 atom stereocenters. The smallest absolute Gasteiger partial charge is 0.328 e. The van der Waals surface area contributed by atoms with Crippen LogP contribution in [-0.4, -0.2) is 32.4 Å². The second-order valence-corrected chi connectivity index (χ2v) is 3.12. The van der Waals surface area contributed by atoms with Crippen LogP contribution in [0.25, 0.3) is 6.08 Å². The molecule has 1 rings (SSSR count). The summed E-state index contributed by atoms with van der Waals surface area (Å²) >= 11 is 0. The first-order valence-electron chi connectivity index (χ1n) is 4.83. The SMILES string of the molecule is COc1cc(OC)c(OC)cc1C=CC(=O)O. The maximum Gasteiger partial charge on any atom is 0.328 e. The number of benzene rings is 1. The van der Waals surface area contributed by atoms with Gasteiger partial charge in [-0.1, -0.05) is 0 Å². The van der Waals surface area contributed by atoms with Gasteiger partial charge in [0.15, 0.2) is 11.5 Å². The van der Waals surface area contributed by atoms with Crippen molar-refractivity contribution >= 4 is 12.0 Å². The summed E-state index contributed by atoms with van der Waals surface area (Å²) < 4.78 is 15.4. The van der Waals surface area contributed by atoms with E-state index in [9.17, 15) is 4.79 Å². The van der Waals surface area contributed by atoms with E-state index in [1.807, 2.05) is 0 Å². The van der Waals surface area contributed by atoms with Crippen LogP contribution in [0.5, 0.6) is 17.2 Å². The summed E-state index contributed by atoms with van der Waals surface area (Å²) in [6.45, 7) is 0. The molecule has 0 aromatic heterocycles. The molecule has 92 valence electrons. The van der Waals surface area contributed by atoms with Gasteiger partial charge in [-0.3, -0.25) is 0 Å². The van der Waals surface area contributed by atoms with Crippen molar-refractivity contribution < 1.29 is 24.1 Å². The Labute approximate surface area is 99.2 Å². The van der Waals surface area contributed by atoms with Gasteiger partial charge in [0, 0.05) is 17.7 Å². The normalized spacial score (nSPS) is 10.3. The van der Waals surface area contributed by atoms with Crippen LogP contribution in [0.4, 0.5) is 0 Å². The molecule has 0 aliphatic rings. The van der Waals surface area contributed by atoms with Gasteiger partial charge >= 0.3 is 5.97 Å². The standard InChI is InChI=1S/C12H14O5/c1-15-9-7-11(17-3)10(16-2)6-8(9)4-5-12(13)14/h4-7H,1-3H3,(H,13,14). The highest BCUT2D eigenvalue weighted by Gasteiger charge is 2.09. The summed E-state index contributed by atoms with van der Waals surface area (Å²) in [5, 5.41) is 8.58. The first kappa shape index (κ1) is 12.9. The van der Waals surface area contributed by atoms with E-state index in [-0.39, 0.29) is 0 Å². The number of methoxy groups -OCH3 is 3. The zero-order valence-electron chi connectivity index (χ0n) is 9.89. The maximum absolute atomic E-state index is 10.5. The molecule has 0 aliphatic heterocycles. The molecule has 0 bridgehead atoms. The molecule has 1 N–H and O–H groups in total. The van der Waals surface area contributed by atoms with Gasteiger partial charge in [-0.15, -0.1) is 0 Å². The Balaban J connectivity index is 3.23. The van der Waals surface area contributed by atoms with Crippen LogP contribution in [0, 0.1) is 0 Å². The van der Waals surface area contributed by atoms with Gasteiger partial charge < -0.3 is 19.3 Å². The summed E-state index contributed by atoms with van der Waals surface area (Å²) in [6, 6.07) is 3.29. The lowest BCUT2D eigenvalue weighted by Gasteiger charge is -2.11. The molecule has 0 heterocycles. The van der Waals surface area contributed by atoms with E-state index in [0.29, 0.717) is 22.8 Å². The fourth-order valence-electron chi connectivity index (χ4n) is 1.34. The number of hydrogen-bond acceptors (Lipinski definition) is 4. The number of ether oxygens (including phenoxy) is 3. The summed E-state index contributed by atoms with van der Waals surface area (Å²) in [6.07, 6.45) is 2.47. The Morgan fingerprint density at radius 3 is 2.06 bits per heavy atom. The Hall–Kier alpha value is -2.17. The minimum Gasteiger partial charge on any atom is -0.496 e. The van der Waals surface area contributed by atoms with Crippen molar-refractivity contribution in [2.24, 2.45) is 0 Å². The molecule has 0 amide bonds. The molecule has 0 spiro atoms. The van der Waals surface area contributed by atoms with Crippen LogP contribution in [-0.2, 0) is 4.79 Å². The predicted octanol–water partition coefficient (Wildman–Crippen LogP) is 1.81. The first-order chi connectivity index (χ1) is 8.12. The fraction of sp³-hybridized carbons (Fsp3) is 0.250. The van der Waals surface area contributed by atoms with Gasteiger partial charge in [0.2, 0.25) is 0 Å². The van der Waals surface area contributed by atoms with Gasteiger partial charge in [-0.2, -0.15) is 0 Å². The van der Waals surface area contributed by atoms with Crippen molar-refractivity contribution in [2.75, 3.05) is 21.3 Å². The van der Waals surface area contributed by atoms with Crippen LogP contribution in [0.3, 0.4) is 0 Å². The minimum atomic E-state index is -1.03. The van der Waals surface area contributed by atoms with E-state index in [2.05, 4.69) is 0 Å². The molecule has 1 aromatic carbocycles. The molecule has 0 radical (unpaired) electrons. The van der Waals surface area contributed by atoms with E-state index < -0.39 is 5.97 Å². The fourth-order valence-corrected chi connectivity index (χ4v) is 1.34. The summed E-state index contributed by atoms with van der Waals surface area (Å²) in [7, 11) is 4.53. The average Bonchev–Trinajstić information content (AvgIpc) is 2.34. The molecule has 0 saturated heterocycles. The lowest BCUT2D eigenvalue weighted by Crippen LogP contribution is -1.95. The maximum atomic E-state index is 10.5. The summed E-state index contributed by atoms with van der Waals surface area (Å²) in [4.78, 5) is 10.5. The molecule has 0 saturated carbocycles. The zero-order valence-corrected chi connectivity index (χ0v) is 9.89. The zero-order chi connectivity index (χ0) is 12.8. The number of carboxylic acids is 1. The van der Waals surface area contributed by atoms with Crippen molar-refractivity contribution in [1.29, 1.82) is 0 Å². The number of aliphatic carboxylic acids is 1. The van der Waals surface area contributed by atoms with Gasteiger partial charge in [0.1, 0.15) is 5.75 Å². The third-order valence-corrected chi connectivity index (χ3v) is 2.14. The predicted molar refractivity (Wildman–Crippen MR) is 62.8 cm³/mol. The number of hydrogen-bond donors (Lipinski definition) is 1. The third kappa shape index (κ3) is 3.14. The van der Waals surface area contributed by atoms with Crippen molar-refractivity contribution in [3.63, 3.8) is 0 Å². The van der Waals surface area contributed by atoms with Gasteiger partial charge in [0.05, 0.1) is 21.3 Å². The molecule has 17 heavy (non-hydrogen) atoms. The largest absolute Gasteiger partial charge is 0.496 e. The van der Waals surface area contributed by atoms with E-state index >= 15 is 0 Å². The van der Waals surface area contributed by atoms with Crippen LogP contribution >= 0.6 is 0 Å². The second kappa shape index (κ2) is 5.79. The summed E-state index contributed by atoms with van der Waals surface area (Å²) in [5.74, 6) is 0.525. The Bertz CT molecular complexity index is 437.